The van der Waals surface area contributed by atoms with Crippen LogP contribution in [0.2, 0.25) is 0 Å². The SMILES string of the molecule is CCn1c(=O)n(CC)c2cc3c(=O)[nH]c(=O)[nH]c3cc21. The van der Waals surface area contributed by atoms with Gasteiger partial charge in [-0.3, -0.25) is 18.9 Å². The summed E-state index contributed by atoms with van der Waals surface area (Å²) in [5.41, 5.74) is 0.727. The monoisotopic (exact) mass is 274 g/mol. The average molecular weight is 274 g/mol. The summed E-state index contributed by atoms with van der Waals surface area (Å²) in [6.45, 7) is 4.81. The van der Waals surface area contributed by atoms with Crippen LogP contribution in [0, 0.1) is 0 Å². The quantitative estimate of drug-likeness (QED) is 0.707. The van der Waals surface area contributed by atoms with Crippen molar-refractivity contribution in [3.63, 3.8) is 0 Å². The number of H-pyrrole nitrogens is 2. The molecule has 2 N–H and O–H groups in total. The molecule has 2 heterocycles. The highest BCUT2D eigenvalue weighted by atomic mass is 16.2. The van der Waals surface area contributed by atoms with Crippen molar-refractivity contribution in [2.24, 2.45) is 0 Å². The molecule has 0 saturated carbocycles. The van der Waals surface area contributed by atoms with Crippen LogP contribution in [0.4, 0.5) is 0 Å². The van der Waals surface area contributed by atoms with Gasteiger partial charge in [0, 0.05) is 13.1 Å². The molecule has 7 heteroatoms. The van der Waals surface area contributed by atoms with E-state index < -0.39 is 11.2 Å². The van der Waals surface area contributed by atoms with Gasteiger partial charge in [0.1, 0.15) is 0 Å². The second-order valence-electron chi connectivity index (χ2n) is 4.57. The molecule has 20 heavy (non-hydrogen) atoms. The Hall–Kier alpha value is -2.57. The van der Waals surface area contributed by atoms with E-state index in [4.69, 9.17) is 0 Å². The normalized spacial score (nSPS) is 11.5. The van der Waals surface area contributed by atoms with Crippen molar-refractivity contribution in [1.82, 2.24) is 19.1 Å². The van der Waals surface area contributed by atoms with Crippen LogP contribution in [-0.4, -0.2) is 19.1 Å². The Morgan fingerprint density at radius 1 is 0.950 bits per heavy atom. The predicted octanol–water partition coefficient (Wildman–Crippen LogP) is 0.373. The number of hydrogen-bond acceptors (Lipinski definition) is 3. The second kappa shape index (κ2) is 4.22. The van der Waals surface area contributed by atoms with Crippen LogP contribution < -0.4 is 16.9 Å². The molecule has 3 aromatic rings. The highest BCUT2D eigenvalue weighted by Gasteiger charge is 2.13. The van der Waals surface area contributed by atoms with Crippen molar-refractivity contribution in [2.75, 3.05) is 0 Å². The van der Waals surface area contributed by atoms with Gasteiger partial charge in [0.05, 0.1) is 21.9 Å². The molecule has 0 aliphatic carbocycles. The molecule has 0 amide bonds. The van der Waals surface area contributed by atoms with E-state index in [0.717, 1.165) is 0 Å². The zero-order valence-corrected chi connectivity index (χ0v) is 11.2. The highest BCUT2D eigenvalue weighted by Crippen LogP contribution is 2.18. The van der Waals surface area contributed by atoms with Gasteiger partial charge in [0.2, 0.25) is 0 Å². The summed E-state index contributed by atoms with van der Waals surface area (Å²) < 4.78 is 3.24. The fourth-order valence-corrected chi connectivity index (χ4v) is 2.59. The summed E-state index contributed by atoms with van der Waals surface area (Å²) in [5.74, 6) is 0. The lowest BCUT2D eigenvalue weighted by atomic mass is 10.2. The van der Waals surface area contributed by atoms with E-state index in [9.17, 15) is 14.4 Å². The molecule has 2 aromatic heterocycles. The third kappa shape index (κ3) is 1.56. The Labute approximate surface area is 112 Å². The van der Waals surface area contributed by atoms with E-state index in [1.807, 2.05) is 13.8 Å². The molecule has 0 saturated heterocycles. The fourth-order valence-electron chi connectivity index (χ4n) is 2.59. The summed E-state index contributed by atoms with van der Waals surface area (Å²) in [7, 11) is 0. The zero-order chi connectivity index (χ0) is 14.4. The summed E-state index contributed by atoms with van der Waals surface area (Å²) in [6.07, 6.45) is 0. The lowest BCUT2D eigenvalue weighted by molar-refractivity contribution is 0.671. The van der Waals surface area contributed by atoms with Crippen molar-refractivity contribution in [2.45, 2.75) is 26.9 Å². The molecular formula is C13H14N4O3. The number of rotatable bonds is 2. The van der Waals surface area contributed by atoms with Crippen LogP contribution in [0.1, 0.15) is 13.8 Å². The van der Waals surface area contributed by atoms with Crippen LogP contribution in [-0.2, 0) is 13.1 Å². The van der Waals surface area contributed by atoms with Crippen LogP contribution in [0.15, 0.2) is 26.5 Å². The van der Waals surface area contributed by atoms with Crippen molar-refractivity contribution in [3.05, 3.63) is 43.5 Å². The number of fused-ring (bicyclic) bond motifs is 2. The van der Waals surface area contributed by atoms with Gasteiger partial charge in [0.25, 0.3) is 5.56 Å². The Morgan fingerprint density at radius 2 is 1.55 bits per heavy atom. The first kappa shape index (κ1) is 12.5. The summed E-state index contributed by atoms with van der Waals surface area (Å²) in [6, 6.07) is 3.33. The van der Waals surface area contributed by atoms with Gasteiger partial charge in [0.15, 0.2) is 0 Å². The van der Waals surface area contributed by atoms with Gasteiger partial charge in [-0.2, -0.15) is 0 Å². The summed E-state index contributed by atoms with van der Waals surface area (Å²) in [5, 5.41) is 0.368. The Kier molecular flexibility index (Phi) is 2.63. The van der Waals surface area contributed by atoms with Crippen molar-refractivity contribution >= 4 is 21.9 Å². The van der Waals surface area contributed by atoms with Gasteiger partial charge in [-0.1, -0.05) is 0 Å². The van der Waals surface area contributed by atoms with Crippen molar-refractivity contribution < 1.29 is 0 Å². The molecule has 1 aromatic carbocycles. The lowest BCUT2D eigenvalue weighted by Crippen LogP contribution is -2.23. The van der Waals surface area contributed by atoms with Gasteiger partial charge in [-0.05, 0) is 26.0 Å². The molecule has 0 aliphatic rings. The number of nitrogens with zero attached hydrogens (tertiary/aromatic N) is 2. The number of aromatic nitrogens is 4. The Balaban J connectivity index is 2.61. The molecular weight excluding hydrogens is 260 g/mol. The molecule has 104 valence electrons. The molecule has 0 spiro atoms. The van der Waals surface area contributed by atoms with E-state index in [-0.39, 0.29) is 5.69 Å². The molecule has 0 unspecified atom stereocenters. The number of aryl methyl sites for hydroxylation is 2. The van der Waals surface area contributed by atoms with E-state index in [0.29, 0.717) is 35.0 Å². The first-order chi connectivity index (χ1) is 9.56. The van der Waals surface area contributed by atoms with Gasteiger partial charge in [-0.25, -0.2) is 9.59 Å². The molecule has 0 fully saturated rings. The number of hydrogen-bond donors (Lipinski definition) is 2. The van der Waals surface area contributed by atoms with E-state index in [1.165, 1.54) is 0 Å². The lowest BCUT2D eigenvalue weighted by Gasteiger charge is -2.01. The number of aromatic amines is 2. The Morgan fingerprint density at radius 3 is 2.15 bits per heavy atom. The van der Waals surface area contributed by atoms with Gasteiger partial charge >= 0.3 is 11.4 Å². The summed E-state index contributed by atoms with van der Waals surface area (Å²) >= 11 is 0. The predicted molar refractivity (Wildman–Crippen MR) is 76.3 cm³/mol. The first-order valence-electron chi connectivity index (χ1n) is 6.46. The molecule has 3 rings (SSSR count). The fraction of sp³-hybridized carbons (Fsp3) is 0.308. The number of benzene rings is 1. The second-order valence-corrected chi connectivity index (χ2v) is 4.57. The molecule has 0 atom stereocenters. The smallest absolute Gasteiger partial charge is 0.307 e. The third-order valence-corrected chi connectivity index (χ3v) is 3.51. The highest BCUT2D eigenvalue weighted by molar-refractivity contribution is 5.92. The Bertz CT molecular complexity index is 987. The van der Waals surface area contributed by atoms with Crippen LogP contribution in [0.5, 0.6) is 0 Å². The van der Waals surface area contributed by atoms with E-state index in [1.54, 1.807) is 21.3 Å². The number of nitrogens with one attached hydrogen (secondary N) is 2. The van der Waals surface area contributed by atoms with Crippen LogP contribution >= 0.6 is 0 Å². The van der Waals surface area contributed by atoms with Gasteiger partial charge < -0.3 is 4.98 Å². The molecule has 0 aliphatic heterocycles. The van der Waals surface area contributed by atoms with Crippen LogP contribution in [0.3, 0.4) is 0 Å². The minimum atomic E-state index is -0.554. The first-order valence-corrected chi connectivity index (χ1v) is 6.46. The molecule has 7 nitrogen and oxygen atoms in total. The molecule has 0 bridgehead atoms. The van der Waals surface area contributed by atoms with E-state index in [2.05, 4.69) is 9.97 Å². The maximum atomic E-state index is 12.2. The third-order valence-electron chi connectivity index (χ3n) is 3.51. The standard InChI is InChI=1S/C13H14N4O3/c1-3-16-9-5-7-8(14-12(19)15-11(7)18)6-10(9)17(4-2)13(16)20/h5-6H,3-4H2,1-2H3,(H2,14,15,18,19). The molecule has 0 radical (unpaired) electrons. The van der Waals surface area contributed by atoms with E-state index >= 15 is 0 Å². The summed E-state index contributed by atoms with van der Waals surface area (Å²) in [4.78, 5) is 40.2. The topological polar surface area (TPSA) is 92.7 Å². The van der Waals surface area contributed by atoms with Gasteiger partial charge in [-0.15, -0.1) is 0 Å². The maximum absolute atomic E-state index is 12.2. The van der Waals surface area contributed by atoms with Crippen LogP contribution in [0.25, 0.3) is 21.9 Å². The average Bonchev–Trinajstić information content (AvgIpc) is 2.66. The zero-order valence-electron chi connectivity index (χ0n) is 11.2. The largest absolute Gasteiger partial charge is 0.329 e. The maximum Gasteiger partial charge on any atom is 0.329 e. The minimum absolute atomic E-state index is 0.112. The minimum Gasteiger partial charge on any atom is -0.307 e. The van der Waals surface area contributed by atoms with Crippen molar-refractivity contribution in [1.29, 1.82) is 0 Å². The number of imidazole rings is 1. The van der Waals surface area contributed by atoms with Crippen molar-refractivity contribution in [3.8, 4) is 0 Å².